The lowest BCUT2D eigenvalue weighted by Gasteiger charge is -2.25. The Morgan fingerprint density at radius 2 is 2.04 bits per heavy atom. The highest BCUT2D eigenvalue weighted by atomic mass is 32.2. The molecule has 1 aromatic heterocycles. The van der Waals surface area contributed by atoms with Gasteiger partial charge in [0.2, 0.25) is 10.0 Å². The second kappa shape index (κ2) is 7.07. The van der Waals surface area contributed by atoms with E-state index in [1.54, 1.807) is 10.5 Å². The molecule has 1 saturated heterocycles. The molecule has 0 atom stereocenters. The molecular formula is C16H21N3O2S2. The van der Waals surface area contributed by atoms with E-state index in [9.17, 15) is 8.42 Å². The van der Waals surface area contributed by atoms with Crippen molar-refractivity contribution in [2.75, 3.05) is 42.2 Å². The Balaban J connectivity index is 1.68. The Labute approximate surface area is 141 Å². The van der Waals surface area contributed by atoms with Crippen molar-refractivity contribution < 1.29 is 8.42 Å². The molecule has 0 unspecified atom stereocenters. The number of thioether (sulfide) groups is 1. The third-order valence-corrected chi connectivity index (χ3v) is 6.83. The highest BCUT2D eigenvalue weighted by molar-refractivity contribution is 7.99. The summed E-state index contributed by atoms with van der Waals surface area (Å²) >= 11 is 1.81. The number of hydrogen-bond acceptors (Lipinski definition) is 5. The molecule has 0 aliphatic carbocycles. The molecule has 1 fully saturated rings. The average molecular weight is 351 g/mol. The van der Waals surface area contributed by atoms with Crippen molar-refractivity contribution in [2.45, 2.75) is 6.92 Å². The van der Waals surface area contributed by atoms with Crippen LogP contribution in [0.4, 0.5) is 5.69 Å². The quantitative estimate of drug-likeness (QED) is 0.896. The molecule has 1 aliphatic heterocycles. The zero-order chi connectivity index (χ0) is 16.3. The molecule has 0 spiro atoms. The molecule has 1 N–H and O–H groups in total. The average Bonchev–Trinajstić information content (AvgIpc) is 2.56. The van der Waals surface area contributed by atoms with Gasteiger partial charge in [-0.3, -0.25) is 4.98 Å². The molecular weight excluding hydrogens is 330 g/mol. The minimum absolute atomic E-state index is 0.118. The van der Waals surface area contributed by atoms with Crippen molar-refractivity contribution in [1.82, 2.24) is 9.29 Å². The molecule has 0 amide bonds. The van der Waals surface area contributed by atoms with Gasteiger partial charge in [0.05, 0.1) is 11.3 Å². The van der Waals surface area contributed by atoms with Gasteiger partial charge in [0.1, 0.15) is 0 Å². The number of nitrogens with one attached hydrogen (secondary N) is 1. The maximum atomic E-state index is 12.4. The monoisotopic (exact) mass is 351 g/mol. The summed E-state index contributed by atoms with van der Waals surface area (Å²) in [5.74, 6) is 1.90. The number of anilines is 1. The first-order valence-corrected chi connectivity index (χ1v) is 10.5. The van der Waals surface area contributed by atoms with Crippen LogP contribution in [-0.4, -0.2) is 54.6 Å². The highest BCUT2D eigenvalue weighted by Crippen LogP contribution is 2.23. The third-order valence-electron chi connectivity index (χ3n) is 4.01. The molecule has 5 nitrogen and oxygen atoms in total. The Morgan fingerprint density at radius 3 is 2.83 bits per heavy atom. The molecule has 2 aromatic rings. The van der Waals surface area contributed by atoms with Gasteiger partial charge in [-0.2, -0.15) is 11.8 Å². The summed E-state index contributed by atoms with van der Waals surface area (Å²) in [5.41, 5.74) is 3.00. The number of para-hydroxylation sites is 1. The maximum absolute atomic E-state index is 12.4. The predicted molar refractivity (Wildman–Crippen MR) is 97.7 cm³/mol. The van der Waals surface area contributed by atoms with Gasteiger partial charge in [0.25, 0.3) is 0 Å². The lowest BCUT2D eigenvalue weighted by molar-refractivity contribution is 0.444. The topological polar surface area (TPSA) is 62.3 Å². The zero-order valence-electron chi connectivity index (χ0n) is 13.2. The van der Waals surface area contributed by atoms with E-state index in [-0.39, 0.29) is 5.75 Å². The van der Waals surface area contributed by atoms with Gasteiger partial charge in [0.15, 0.2) is 0 Å². The summed E-state index contributed by atoms with van der Waals surface area (Å²) in [5, 5.41) is 4.29. The number of nitrogens with zero attached hydrogens (tertiary/aromatic N) is 2. The third kappa shape index (κ3) is 3.79. The zero-order valence-corrected chi connectivity index (χ0v) is 14.8. The van der Waals surface area contributed by atoms with E-state index < -0.39 is 10.0 Å². The van der Waals surface area contributed by atoms with E-state index >= 15 is 0 Å². The predicted octanol–water partition coefficient (Wildman–Crippen LogP) is 2.33. The molecule has 0 saturated carbocycles. The lowest BCUT2D eigenvalue weighted by atomic mass is 10.1. The van der Waals surface area contributed by atoms with Crippen molar-refractivity contribution in [1.29, 1.82) is 0 Å². The van der Waals surface area contributed by atoms with Crippen LogP contribution < -0.4 is 5.32 Å². The SMILES string of the molecule is Cc1cccc2c(NCCS(=O)(=O)N3CCSCC3)ccnc12. The van der Waals surface area contributed by atoms with Crippen LogP contribution in [0.1, 0.15) is 5.56 Å². The van der Waals surface area contributed by atoms with Gasteiger partial charge >= 0.3 is 0 Å². The Bertz CT molecular complexity index is 787. The van der Waals surface area contributed by atoms with Crippen LogP contribution in [0.15, 0.2) is 30.5 Å². The van der Waals surface area contributed by atoms with E-state index in [2.05, 4.69) is 10.3 Å². The first kappa shape index (κ1) is 16.5. The lowest BCUT2D eigenvalue weighted by Crippen LogP contribution is -2.40. The summed E-state index contributed by atoms with van der Waals surface area (Å²) in [6, 6.07) is 7.92. The van der Waals surface area contributed by atoms with Gasteiger partial charge in [-0.1, -0.05) is 18.2 Å². The number of pyridine rings is 1. The van der Waals surface area contributed by atoms with Crippen molar-refractivity contribution in [2.24, 2.45) is 0 Å². The van der Waals surface area contributed by atoms with E-state index in [0.29, 0.717) is 19.6 Å². The fraction of sp³-hybridized carbons (Fsp3) is 0.438. The van der Waals surface area contributed by atoms with Crippen LogP contribution in [0.3, 0.4) is 0 Å². The molecule has 23 heavy (non-hydrogen) atoms. The standard InChI is InChI=1S/C16H21N3O2S2/c1-13-3-2-4-14-15(5-6-18-16(13)14)17-7-12-23(20,21)19-8-10-22-11-9-19/h2-6H,7-12H2,1H3,(H,17,18). The van der Waals surface area contributed by atoms with Crippen LogP contribution in [-0.2, 0) is 10.0 Å². The van der Waals surface area contributed by atoms with Gasteiger partial charge in [-0.05, 0) is 18.6 Å². The normalized spacial score (nSPS) is 16.6. The fourth-order valence-corrected chi connectivity index (χ4v) is 5.24. The van der Waals surface area contributed by atoms with Gasteiger partial charge in [0, 0.05) is 48.4 Å². The van der Waals surface area contributed by atoms with E-state index in [0.717, 1.165) is 33.7 Å². The van der Waals surface area contributed by atoms with Gasteiger partial charge < -0.3 is 5.32 Å². The second-order valence-electron chi connectivity index (χ2n) is 5.58. The van der Waals surface area contributed by atoms with Crippen molar-refractivity contribution in [3.8, 4) is 0 Å². The highest BCUT2D eigenvalue weighted by Gasteiger charge is 2.23. The number of aromatic nitrogens is 1. The first-order valence-electron chi connectivity index (χ1n) is 7.72. The summed E-state index contributed by atoms with van der Waals surface area (Å²) in [4.78, 5) is 4.40. The van der Waals surface area contributed by atoms with Gasteiger partial charge in [-0.25, -0.2) is 12.7 Å². The molecule has 3 rings (SSSR count). The van der Waals surface area contributed by atoms with Crippen molar-refractivity contribution in [3.05, 3.63) is 36.0 Å². The summed E-state index contributed by atoms with van der Waals surface area (Å²) < 4.78 is 26.3. The molecule has 1 aliphatic rings. The maximum Gasteiger partial charge on any atom is 0.215 e. The summed E-state index contributed by atoms with van der Waals surface area (Å²) in [6.07, 6.45) is 1.76. The van der Waals surface area contributed by atoms with E-state index in [1.807, 2.05) is 43.0 Å². The Kier molecular flexibility index (Phi) is 5.08. The molecule has 124 valence electrons. The smallest absolute Gasteiger partial charge is 0.215 e. The largest absolute Gasteiger partial charge is 0.383 e. The van der Waals surface area contributed by atoms with E-state index in [4.69, 9.17) is 0 Å². The summed E-state index contributed by atoms with van der Waals surface area (Å²) in [6.45, 7) is 3.69. The van der Waals surface area contributed by atoms with Crippen LogP contribution in [0.5, 0.6) is 0 Å². The number of benzene rings is 1. The number of aryl methyl sites for hydroxylation is 1. The number of rotatable bonds is 5. The van der Waals surface area contributed by atoms with Crippen LogP contribution in [0, 0.1) is 6.92 Å². The number of sulfonamides is 1. The van der Waals surface area contributed by atoms with Crippen LogP contribution in [0.25, 0.3) is 10.9 Å². The fourth-order valence-electron chi connectivity index (χ4n) is 2.75. The van der Waals surface area contributed by atoms with Crippen molar-refractivity contribution >= 4 is 38.4 Å². The molecule has 1 aromatic carbocycles. The van der Waals surface area contributed by atoms with Crippen molar-refractivity contribution in [3.63, 3.8) is 0 Å². The molecule has 2 heterocycles. The van der Waals surface area contributed by atoms with Crippen LogP contribution >= 0.6 is 11.8 Å². The number of hydrogen-bond donors (Lipinski definition) is 1. The van der Waals surface area contributed by atoms with Crippen LogP contribution in [0.2, 0.25) is 0 Å². The van der Waals surface area contributed by atoms with Gasteiger partial charge in [-0.15, -0.1) is 0 Å². The molecule has 0 radical (unpaired) electrons. The molecule has 0 bridgehead atoms. The molecule has 7 heteroatoms. The number of fused-ring (bicyclic) bond motifs is 1. The Hall–Kier alpha value is -1.31. The second-order valence-corrected chi connectivity index (χ2v) is 8.90. The van der Waals surface area contributed by atoms with E-state index in [1.165, 1.54) is 0 Å². The first-order chi connectivity index (χ1) is 11.1. The Morgan fingerprint density at radius 1 is 1.26 bits per heavy atom. The minimum Gasteiger partial charge on any atom is -0.383 e. The summed E-state index contributed by atoms with van der Waals surface area (Å²) in [7, 11) is -3.17. The minimum atomic E-state index is -3.17.